The van der Waals surface area contributed by atoms with Crippen LogP contribution in [-0.2, 0) is 4.79 Å². The normalized spacial score (nSPS) is 14.6. The molecule has 0 radical (unpaired) electrons. The first-order chi connectivity index (χ1) is 13.7. The van der Waals surface area contributed by atoms with Crippen LogP contribution in [0.25, 0.3) is 11.9 Å². The zero-order valence-electron chi connectivity index (χ0n) is 15.8. The second-order valence-electron chi connectivity index (χ2n) is 6.69. The molecule has 0 aliphatic carbocycles. The van der Waals surface area contributed by atoms with Crippen molar-refractivity contribution in [3.05, 3.63) is 72.3 Å². The van der Waals surface area contributed by atoms with Gasteiger partial charge in [0.2, 0.25) is 5.91 Å². The van der Waals surface area contributed by atoms with Crippen molar-refractivity contribution in [2.45, 2.75) is 6.92 Å². The highest BCUT2D eigenvalue weighted by molar-refractivity contribution is 5.92. The van der Waals surface area contributed by atoms with Gasteiger partial charge in [0.25, 0.3) is 0 Å². The maximum atomic E-state index is 12.5. The monoisotopic (exact) mass is 374 g/mol. The van der Waals surface area contributed by atoms with Crippen LogP contribution in [0, 0.1) is 6.92 Å². The highest BCUT2D eigenvalue weighted by atomic mass is 16.2. The molecule has 28 heavy (non-hydrogen) atoms. The summed E-state index contributed by atoms with van der Waals surface area (Å²) in [7, 11) is 0. The first-order valence-corrected chi connectivity index (χ1v) is 9.30. The fourth-order valence-electron chi connectivity index (χ4n) is 3.24. The van der Waals surface area contributed by atoms with E-state index < -0.39 is 0 Å². The fraction of sp³-hybridized carbons (Fsp3) is 0.238. The molecule has 0 saturated carbocycles. The number of aromatic nitrogens is 4. The highest BCUT2D eigenvalue weighted by Gasteiger charge is 2.21. The number of aryl methyl sites for hydroxylation is 1. The predicted octanol–water partition coefficient (Wildman–Crippen LogP) is 2.33. The number of amides is 1. The van der Waals surface area contributed by atoms with Gasteiger partial charge in [-0.05, 0) is 30.2 Å². The Morgan fingerprint density at radius 2 is 1.82 bits per heavy atom. The van der Waals surface area contributed by atoms with Crippen molar-refractivity contribution in [2.75, 3.05) is 31.1 Å². The minimum Gasteiger partial charge on any atom is -0.353 e. The van der Waals surface area contributed by atoms with Crippen LogP contribution >= 0.6 is 0 Å². The van der Waals surface area contributed by atoms with Crippen LogP contribution < -0.4 is 4.90 Å². The van der Waals surface area contributed by atoms with E-state index in [2.05, 4.69) is 20.0 Å². The van der Waals surface area contributed by atoms with Crippen LogP contribution in [-0.4, -0.2) is 56.7 Å². The molecule has 1 amide bonds. The lowest BCUT2D eigenvalue weighted by molar-refractivity contribution is -0.126. The molecule has 0 unspecified atom stereocenters. The van der Waals surface area contributed by atoms with E-state index in [-0.39, 0.29) is 5.91 Å². The Hall–Kier alpha value is -3.48. The van der Waals surface area contributed by atoms with Crippen molar-refractivity contribution in [3.63, 3.8) is 0 Å². The summed E-state index contributed by atoms with van der Waals surface area (Å²) in [6.45, 7) is 4.84. The summed E-state index contributed by atoms with van der Waals surface area (Å²) >= 11 is 0. The summed E-state index contributed by atoms with van der Waals surface area (Å²) < 4.78 is 1.71. The lowest BCUT2D eigenvalue weighted by Crippen LogP contribution is -2.48. The maximum Gasteiger partial charge on any atom is 0.246 e. The van der Waals surface area contributed by atoms with Gasteiger partial charge in [-0.2, -0.15) is 5.10 Å². The van der Waals surface area contributed by atoms with Crippen LogP contribution in [0.15, 0.2) is 61.2 Å². The summed E-state index contributed by atoms with van der Waals surface area (Å²) in [5, 5.41) is 4.21. The summed E-state index contributed by atoms with van der Waals surface area (Å²) in [6.07, 6.45) is 8.68. The van der Waals surface area contributed by atoms with Gasteiger partial charge in [-0.3, -0.25) is 4.79 Å². The third-order valence-electron chi connectivity index (χ3n) is 4.89. The Balaban J connectivity index is 1.38. The Morgan fingerprint density at radius 1 is 1.04 bits per heavy atom. The molecule has 1 aliphatic rings. The molecule has 2 aromatic heterocycles. The third kappa shape index (κ3) is 3.93. The molecular weight excluding hydrogens is 352 g/mol. The zero-order valence-corrected chi connectivity index (χ0v) is 15.8. The molecule has 0 N–H and O–H groups in total. The zero-order chi connectivity index (χ0) is 19.3. The molecule has 0 spiro atoms. The molecule has 3 aromatic rings. The van der Waals surface area contributed by atoms with E-state index >= 15 is 0 Å². The largest absolute Gasteiger partial charge is 0.353 e. The molecule has 1 aromatic carbocycles. The minimum atomic E-state index is 0.0443. The molecule has 7 heteroatoms. The van der Waals surface area contributed by atoms with Gasteiger partial charge in [0.1, 0.15) is 12.1 Å². The van der Waals surface area contributed by atoms with Crippen molar-refractivity contribution in [2.24, 2.45) is 0 Å². The van der Waals surface area contributed by atoms with Gasteiger partial charge in [0.05, 0.1) is 0 Å². The first-order valence-electron chi connectivity index (χ1n) is 9.30. The quantitative estimate of drug-likeness (QED) is 0.656. The molecular formula is C21H22N6O. The maximum absolute atomic E-state index is 12.5. The van der Waals surface area contributed by atoms with Gasteiger partial charge in [-0.25, -0.2) is 14.6 Å². The third-order valence-corrected chi connectivity index (χ3v) is 4.89. The van der Waals surface area contributed by atoms with Crippen LogP contribution in [0.5, 0.6) is 0 Å². The van der Waals surface area contributed by atoms with E-state index in [1.165, 1.54) is 0 Å². The summed E-state index contributed by atoms with van der Waals surface area (Å²) in [5.41, 5.74) is 2.23. The Bertz CT molecular complexity index is 974. The van der Waals surface area contributed by atoms with Gasteiger partial charge in [0, 0.05) is 50.7 Å². The standard InChI is InChI=1S/C21H22N6O/c1-17-5-2-3-6-18(17)7-8-21(28)26-13-11-25(12-14-26)19-15-20(23-16-22-19)27-10-4-9-24-27/h2-10,15-16H,11-14H2,1H3/b8-7+. The number of rotatable bonds is 4. The molecule has 1 fully saturated rings. The second-order valence-corrected chi connectivity index (χ2v) is 6.69. The molecule has 7 nitrogen and oxygen atoms in total. The number of piperazine rings is 1. The molecule has 3 heterocycles. The molecule has 1 saturated heterocycles. The lowest BCUT2D eigenvalue weighted by atomic mass is 10.1. The van der Waals surface area contributed by atoms with Crippen molar-refractivity contribution in [1.29, 1.82) is 0 Å². The van der Waals surface area contributed by atoms with E-state index in [1.54, 1.807) is 23.3 Å². The average molecular weight is 374 g/mol. The number of benzene rings is 1. The van der Waals surface area contributed by atoms with E-state index in [0.29, 0.717) is 13.1 Å². The van der Waals surface area contributed by atoms with Crippen LogP contribution in [0.2, 0.25) is 0 Å². The lowest BCUT2D eigenvalue weighted by Gasteiger charge is -2.35. The van der Waals surface area contributed by atoms with Gasteiger partial charge in [-0.1, -0.05) is 24.3 Å². The van der Waals surface area contributed by atoms with E-state index in [0.717, 1.165) is 35.9 Å². The Morgan fingerprint density at radius 3 is 2.57 bits per heavy atom. The molecule has 142 valence electrons. The van der Waals surface area contributed by atoms with Crippen LogP contribution in [0.3, 0.4) is 0 Å². The summed E-state index contributed by atoms with van der Waals surface area (Å²) in [4.78, 5) is 25.2. The first kappa shape index (κ1) is 17.9. The van der Waals surface area contributed by atoms with Crippen molar-refractivity contribution >= 4 is 17.8 Å². The van der Waals surface area contributed by atoms with E-state index in [1.807, 2.05) is 60.5 Å². The summed E-state index contributed by atoms with van der Waals surface area (Å²) in [5.74, 6) is 1.63. The Labute approximate surface area is 163 Å². The molecule has 0 bridgehead atoms. The number of nitrogens with zero attached hydrogens (tertiary/aromatic N) is 6. The molecule has 4 rings (SSSR count). The number of hydrogen-bond donors (Lipinski definition) is 0. The second kappa shape index (κ2) is 8.04. The number of hydrogen-bond acceptors (Lipinski definition) is 5. The van der Waals surface area contributed by atoms with Crippen molar-refractivity contribution in [1.82, 2.24) is 24.6 Å². The van der Waals surface area contributed by atoms with Gasteiger partial charge >= 0.3 is 0 Å². The highest BCUT2D eigenvalue weighted by Crippen LogP contribution is 2.16. The van der Waals surface area contributed by atoms with E-state index in [9.17, 15) is 4.79 Å². The molecule has 1 aliphatic heterocycles. The van der Waals surface area contributed by atoms with Crippen molar-refractivity contribution < 1.29 is 4.79 Å². The number of carbonyl (C=O) groups is 1. The van der Waals surface area contributed by atoms with E-state index in [4.69, 9.17) is 0 Å². The average Bonchev–Trinajstić information content (AvgIpc) is 3.28. The fourth-order valence-corrected chi connectivity index (χ4v) is 3.24. The van der Waals surface area contributed by atoms with Gasteiger partial charge < -0.3 is 9.80 Å². The minimum absolute atomic E-state index is 0.0443. The Kier molecular flexibility index (Phi) is 5.14. The number of carbonyl (C=O) groups excluding carboxylic acids is 1. The summed E-state index contributed by atoms with van der Waals surface area (Å²) in [6, 6.07) is 11.8. The van der Waals surface area contributed by atoms with Crippen LogP contribution in [0.1, 0.15) is 11.1 Å². The van der Waals surface area contributed by atoms with Gasteiger partial charge in [-0.15, -0.1) is 0 Å². The predicted molar refractivity (Wildman–Crippen MR) is 108 cm³/mol. The van der Waals surface area contributed by atoms with Gasteiger partial charge in [0.15, 0.2) is 5.82 Å². The topological polar surface area (TPSA) is 67.2 Å². The smallest absolute Gasteiger partial charge is 0.246 e. The van der Waals surface area contributed by atoms with Crippen molar-refractivity contribution in [3.8, 4) is 5.82 Å². The SMILES string of the molecule is Cc1ccccc1/C=C/C(=O)N1CCN(c2cc(-n3cccn3)ncn2)CC1. The molecule has 0 atom stereocenters. The van der Waals surface area contributed by atoms with Crippen LogP contribution in [0.4, 0.5) is 5.82 Å². The number of anilines is 1.